The molecule has 1 unspecified atom stereocenters. The lowest BCUT2D eigenvalue weighted by Gasteiger charge is -2.14. The fraction of sp³-hybridized carbons (Fsp3) is 0.625. The van der Waals surface area contributed by atoms with Crippen LogP contribution in [0.4, 0.5) is 0 Å². The van der Waals surface area contributed by atoms with Crippen LogP contribution >= 0.6 is 0 Å². The third kappa shape index (κ3) is 4.28. The van der Waals surface area contributed by atoms with E-state index in [0.717, 1.165) is 12.0 Å². The normalized spacial score (nSPS) is 16.9. The predicted octanol–water partition coefficient (Wildman–Crippen LogP) is 2.29. The molecule has 1 aliphatic rings. The van der Waals surface area contributed by atoms with Crippen LogP contribution in [0.25, 0.3) is 0 Å². The van der Waals surface area contributed by atoms with Gasteiger partial charge in [-0.05, 0) is 61.4 Å². The summed E-state index contributed by atoms with van der Waals surface area (Å²) in [5.74, 6) is 1.13. The molecule has 0 radical (unpaired) electrons. The van der Waals surface area contributed by atoms with E-state index in [4.69, 9.17) is 0 Å². The number of benzene rings is 1. The number of hydrogen-bond donors (Lipinski definition) is 2. The van der Waals surface area contributed by atoms with E-state index in [0.29, 0.717) is 29.8 Å². The zero-order chi connectivity index (χ0) is 15.5. The fourth-order valence-electron chi connectivity index (χ4n) is 2.63. The van der Waals surface area contributed by atoms with Gasteiger partial charge in [-0.15, -0.1) is 0 Å². The summed E-state index contributed by atoms with van der Waals surface area (Å²) in [6, 6.07) is 5.42. The summed E-state index contributed by atoms with van der Waals surface area (Å²) in [7, 11) is -1.53. The molecule has 0 bridgehead atoms. The van der Waals surface area contributed by atoms with E-state index in [9.17, 15) is 8.42 Å². The third-order valence-electron chi connectivity index (χ3n) is 4.26. The Balaban J connectivity index is 2.12. The molecule has 2 N–H and O–H groups in total. The van der Waals surface area contributed by atoms with Crippen molar-refractivity contribution in [2.75, 3.05) is 13.6 Å². The first-order chi connectivity index (χ1) is 9.97. The van der Waals surface area contributed by atoms with Gasteiger partial charge in [0.15, 0.2) is 0 Å². The van der Waals surface area contributed by atoms with Crippen molar-refractivity contribution in [2.24, 2.45) is 11.8 Å². The Hall–Kier alpha value is -0.910. The minimum Gasteiger partial charge on any atom is -0.316 e. The first-order valence-electron chi connectivity index (χ1n) is 7.74. The van der Waals surface area contributed by atoms with E-state index >= 15 is 0 Å². The molecule has 1 fully saturated rings. The average Bonchev–Trinajstić information content (AvgIpc) is 3.30. The number of nitrogens with one attached hydrogen (secondary N) is 2. The first kappa shape index (κ1) is 16.5. The highest BCUT2D eigenvalue weighted by molar-refractivity contribution is 7.89. The van der Waals surface area contributed by atoms with Crippen molar-refractivity contribution in [1.82, 2.24) is 10.0 Å². The van der Waals surface area contributed by atoms with E-state index < -0.39 is 10.0 Å². The predicted molar refractivity (Wildman–Crippen MR) is 85.7 cm³/mol. The van der Waals surface area contributed by atoms with Gasteiger partial charge in [0.2, 0.25) is 10.0 Å². The minimum atomic E-state index is -3.40. The highest BCUT2D eigenvalue weighted by Crippen LogP contribution is 2.36. The Morgan fingerprint density at radius 3 is 2.57 bits per heavy atom. The molecule has 0 amide bonds. The van der Waals surface area contributed by atoms with Gasteiger partial charge in [-0.1, -0.05) is 19.9 Å². The summed E-state index contributed by atoms with van der Waals surface area (Å²) in [6.07, 6.45) is 3.38. The Labute approximate surface area is 128 Å². The molecule has 1 aromatic rings. The highest BCUT2D eigenvalue weighted by atomic mass is 32.2. The molecular formula is C16H26N2O2S. The second-order valence-corrected chi connectivity index (χ2v) is 7.75. The van der Waals surface area contributed by atoms with Crippen LogP contribution in [0, 0.1) is 11.8 Å². The van der Waals surface area contributed by atoms with Gasteiger partial charge in [0.1, 0.15) is 0 Å². The smallest absolute Gasteiger partial charge is 0.240 e. The lowest BCUT2D eigenvalue weighted by atomic mass is 10.1. The minimum absolute atomic E-state index is 0.368. The maximum Gasteiger partial charge on any atom is 0.240 e. The quantitative estimate of drug-likeness (QED) is 0.774. The van der Waals surface area contributed by atoms with Crippen molar-refractivity contribution >= 4 is 10.0 Å². The molecule has 0 aliphatic heterocycles. The van der Waals surface area contributed by atoms with Gasteiger partial charge in [-0.25, -0.2) is 13.1 Å². The van der Waals surface area contributed by atoms with Gasteiger partial charge < -0.3 is 5.32 Å². The molecule has 1 saturated carbocycles. The summed E-state index contributed by atoms with van der Waals surface area (Å²) in [5.41, 5.74) is 2.24. The van der Waals surface area contributed by atoms with E-state index in [-0.39, 0.29) is 0 Å². The van der Waals surface area contributed by atoms with Crippen LogP contribution in [0.15, 0.2) is 23.1 Å². The molecular weight excluding hydrogens is 284 g/mol. The summed E-state index contributed by atoms with van der Waals surface area (Å²) in [6.45, 7) is 5.42. The maximum atomic E-state index is 12.4. The van der Waals surface area contributed by atoms with Crippen molar-refractivity contribution in [2.45, 2.75) is 44.6 Å². The zero-order valence-electron chi connectivity index (χ0n) is 13.1. The molecule has 0 aromatic heterocycles. The third-order valence-corrected chi connectivity index (χ3v) is 5.68. The molecule has 0 spiro atoms. The SMILES string of the molecule is CCc1ccc(S(=O)(=O)NCC(C)C2CC2)cc1CNC. The van der Waals surface area contributed by atoms with Gasteiger partial charge >= 0.3 is 0 Å². The van der Waals surface area contributed by atoms with Crippen molar-refractivity contribution < 1.29 is 8.42 Å². The van der Waals surface area contributed by atoms with E-state index in [1.165, 1.54) is 18.4 Å². The van der Waals surface area contributed by atoms with Crippen LogP contribution < -0.4 is 10.0 Å². The number of sulfonamides is 1. The lowest BCUT2D eigenvalue weighted by Crippen LogP contribution is -2.29. The lowest BCUT2D eigenvalue weighted by molar-refractivity contribution is 0.492. The number of hydrogen-bond acceptors (Lipinski definition) is 3. The molecule has 1 aliphatic carbocycles. The van der Waals surface area contributed by atoms with Gasteiger partial charge in [0.25, 0.3) is 0 Å². The largest absolute Gasteiger partial charge is 0.316 e. The zero-order valence-corrected chi connectivity index (χ0v) is 14.0. The van der Waals surface area contributed by atoms with Crippen molar-refractivity contribution in [3.8, 4) is 0 Å². The van der Waals surface area contributed by atoms with Crippen LogP contribution in [0.1, 0.15) is 37.8 Å². The average molecular weight is 310 g/mol. The summed E-state index contributed by atoms with van der Waals surface area (Å²) in [5, 5.41) is 3.10. The topological polar surface area (TPSA) is 58.2 Å². The molecule has 0 saturated heterocycles. The summed E-state index contributed by atoms with van der Waals surface area (Å²) < 4.78 is 27.6. The molecule has 1 aromatic carbocycles. The van der Waals surface area contributed by atoms with Crippen LogP contribution in [0.2, 0.25) is 0 Å². The van der Waals surface area contributed by atoms with Crippen LogP contribution in [-0.4, -0.2) is 22.0 Å². The first-order valence-corrected chi connectivity index (χ1v) is 9.22. The molecule has 1 atom stereocenters. The molecule has 0 heterocycles. The standard InChI is InChI=1S/C16H26N2O2S/c1-4-13-7-8-16(9-15(13)11-17-3)21(19,20)18-10-12(2)14-5-6-14/h7-9,12,14,17-18H,4-6,10-11H2,1-3H3. The Kier molecular flexibility index (Phi) is 5.41. The van der Waals surface area contributed by atoms with E-state index in [1.807, 2.05) is 13.1 Å². The van der Waals surface area contributed by atoms with E-state index in [1.54, 1.807) is 12.1 Å². The molecule has 21 heavy (non-hydrogen) atoms. The number of rotatable bonds is 8. The second-order valence-electron chi connectivity index (χ2n) is 5.98. The molecule has 118 valence electrons. The van der Waals surface area contributed by atoms with Gasteiger partial charge in [-0.3, -0.25) is 0 Å². The van der Waals surface area contributed by atoms with E-state index in [2.05, 4.69) is 23.9 Å². The second kappa shape index (κ2) is 6.90. The van der Waals surface area contributed by atoms with Crippen LogP contribution in [-0.2, 0) is 23.0 Å². The van der Waals surface area contributed by atoms with Gasteiger partial charge in [-0.2, -0.15) is 0 Å². The van der Waals surface area contributed by atoms with Crippen LogP contribution in [0.3, 0.4) is 0 Å². The Morgan fingerprint density at radius 2 is 2.00 bits per heavy atom. The summed E-state index contributed by atoms with van der Waals surface area (Å²) >= 11 is 0. The maximum absolute atomic E-state index is 12.4. The number of aryl methyl sites for hydroxylation is 1. The summed E-state index contributed by atoms with van der Waals surface area (Å²) in [4.78, 5) is 0.368. The van der Waals surface area contributed by atoms with Crippen LogP contribution in [0.5, 0.6) is 0 Å². The fourth-order valence-corrected chi connectivity index (χ4v) is 3.82. The van der Waals surface area contributed by atoms with Crippen molar-refractivity contribution in [3.05, 3.63) is 29.3 Å². The van der Waals surface area contributed by atoms with Crippen molar-refractivity contribution in [3.63, 3.8) is 0 Å². The van der Waals surface area contributed by atoms with Gasteiger partial charge in [0, 0.05) is 13.1 Å². The molecule has 2 rings (SSSR count). The van der Waals surface area contributed by atoms with Crippen molar-refractivity contribution in [1.29, 1.82) is 0 Å². The highest BCUT2D eigenvalue weighted by Gasteiger charge is 2.28. The Bertz CT molecular complexity index is 580. The Morgan fingerprint density at radius 1 is 1.29 bits per heavy atom. The monoisotopic (exact) mass is 310 g/mol. The van der Waals surface area contributed by atoms with Gasteiger partial charge in [0.05, 0.1) is 4.90 Å². The molecule has 5 heteroatoms. The molecule has 4 nitrogen and oxygen atoms in total.